The molecule has 1 aliphatic heterocycles. The van der Waals surface area contributed by atoms with Crippen LogP contribution in [0.1, 0.15) is 6.42 Å². The molecule has 114 valence electrons. The maximum atomic E-state index is 10.7. The van der Waals surface area contributed by atoms with Crippen molar-refractivity contribution in [2.24, 2.45) is 0 Å². The van der Waals surface area contributed by atoms with Gasteiger partial charge in [0.1, 0.15) is 12.0 Å². The first-order valence-corrected chi connectivity index (χ1v) is 7.11. The molecule has 0 bridgehead atoms. The van der Waals surface area contributed by atoms with Gasteiger partial charge in [-0.05, 0) is 18.6 Å². The van der Waals surface area contributed by atoms with Gasteiger partial charge in [0.05, 0.1) is 4.92 Å². The fourth-order valence-electron chi connectivity index (χ4n) is 2.47. The highest BCUT2D eigenvalue weighted by molar-refractivity contribution is 5.44. The number of rotatable bonds is 3. The molecule has 8 nitrogen and oxygen atoms in total. The third-order valence-electron chi connectivity index (χ3n) is 3.60. The van der Waals surface area contributed by atoms with Gasteiger partial charge in [0.25, 0.3) is 5.69 Å². The zero-order valence-electron chi connectivity index (χ0n) is 12.0. The van der Waals surface area contributed by atoms with Crippen LogP contribution in [-0.2, 0) is 0 Å². The third-order valence-corrected chi connectivity index (χ3v) is 3.60. The van der Waals surface area contributed by atoms with E-state index in [1.165, 1.54) is 12.3 Å². The van der Waals surface area contributed by atoms with Crippen molar-refractivity contribution in [3.05, 3.63) is 46.9 Å². The van der Waals surface area contributed by atoms with Crippen LogP contribution in [0.3, 0.4) is 0 Å². The van der Waals surface area contributed by atoms with E-state index in [4.69, 9.17) is 0 Å². The first kappa shape index (κ1) is 14.2. The van der Waals surface area contributed by atoms with Crippen molar-refractivity contribution in [1.29, 1.82) is 0 Å². The third kappa shape index (κ3) is 3.11. The lowest BCUT2D eigenvalue weighted by Gasteiger charge is -2.22. The molecule has 0 atom stereocenters. The van der Waals surface area contributed by atoms with Gasteiger partial charge in [-0.3, -0.25) is 10.1 Å². The first-order valence-electron chi connectivity index (χ1n) is 7.11. The second kappa shape index (κ2) is 6.33. The van der Waals surface area contributed by atoms with E-state index in [1.807, 2.05) is 0 Å². The fourth-order valence-corrected chi connectivity index (χ4v) is 2.47. The molecule has 0 spiro atoms. The Hall–Kier alpha value is -2.77. The van der Waals surface area contributed by atoms with Crippen LogP contribution in [0, 0.1) is 10.1 Å². The zero-order chi connectivity index (χ0) is 15.4. The summed E-state index contributed by atoms with van der Waals surface area (Å²) in [4.78, 5) is 27.3. The highest BCUT2D eigenvalue weighted by Gasteiger charge is 2.18. The van der Waals surface area contributed by atoms with Crippen molar-refractivity contribution in [2.75, 3.05) is 36.0 Å². The van der Waals surface area contributed by atoms with Crippen LogP contribution in [0.2, 0.25) is 0 Å². The zero-order valence-corrected chi connectivity index (χ0v) is 12.0. The van der Waals surface area contributed by atoms with Gasteiger partial charge in [-0.1, -0.05) is 0 Å². The minimum absolute atomic E-state index is 0.0119. The highest BCUT2D eigenvalue weighted by Crippen LogP contribution is 2.18. The van der Waals surface area contributed by atoms with E-state index >= 15 is 0 Å². The molecule has 0 unspecified atom stereocenters. The summed E-state index contributed by atoms with van der Waals surface area (Å²) < 4.78 is 0. The molecule has 1 fully saturated rings. The predicted octanol–water partition coefficient (Wildman–Crippen LogP) is 1.50. The van der Waals surface area contributed by atoms with Crippen LogP contribution in [0.25, 0.3) is 0 Å². The van der Waals surface area contributed by atoms with Gasteiger partial charge in [-0.25, -0.2) is 15.0 Å². The molecule has 22 heavy (non-hydrogen) atoms. The van der Waals surface area contributed by atoms with Gasteiger partial charge in [0.15, 0.2) is 0 Å². The number of nitro groups is 1. The van der Waals surface area contributed by atoms with Gasteiger partial charge in [-0.2, -0.15) is 0 Å². The predicted molar refractivity (Wildman–Crippen MR) is 82.0 cm³/mol. The molecule has 0 saturated carbocycles. The molecular weight excluding hydrogens is 284 g/mol. The lowest BCUT2D eigenvalue weighted by atomic mass is 10.3. The van der Waals surface area contributed by atoms with Crippen molar-refractivity contribution in [2.45, 2.75) is 6.42 Å². The van der Waals surface area contributed by atoms with Crippen LogP contribution >= 0.6 is 0 Å². The molecule has 0 amide bonds. The first-order chi connectivity index (χ1) is 10.7. The fraction of sp³-hybridized carbons (Fsp3) is 0.357. The topological polar surface area (TPSA) is 88.3 Å². The molecule has 0 radical (unpaired) electrons. The summed E-state index contributed by atoms with van der Waals surface area (Å²) in [6, 6.07) is 4.99. The Labute approximate surface area is 127 Å². The van der Waals surface area contributed by atoms with Crippen LogP contribution in [0.15, 0.2) is 36.8 Å². The van der Waals surface area contributed by atoms with Crippen LogP contribution in [-0.4, -0.2) is 46.1 Å². The van der Waals surface area contributed by atoms with E-state index < -0.39 is 4.92 Å². The smallest absolute Gasteiger partial charge is 0.287 e. The second-order valence-electron chi connectivity index (χ2n) is 5.01. The second-order valence-corrected chi connectivity index (χ2v) is 5.01. The van der Waals surface area contributed by atoms with Gasteiger partial charge in [-0.15, -0.1) is 0 Å². The molecule has 8 heteroatoms. The minimum atomic E-state index is -0.437. The summed E-state index contributed by atoms with van der Waals surface area (Å²) in [5, 5.41) is 10.7. The molecule has 0 N–H and O–H groups in total. The lowest BCUT2D eigenvalue weighted by Crippen LogP contribution is -2.31. The Balaban J connectivity index is 1.68. The van der Waals surface area contributed by atoms with E-state index in [0.29, 0.717) is 0 Å². The van der Waals surface area contributed by atoms with E-state index in [1.54, 1.807) is 24.5 Å². The standard InChI is InChI=1S/C14H16N6O2/c21-20(22)12-3-4-13(17-11-12)18-7-2-8-19(10-9-18)14-15-5-1-6-16-14/h1,3-6,11H,2,7-10H2. The number of pyridine rings is 1. The molecule has 0 aliphatic carbocycles. The van der Waals surface area contributed by atoms with Crippen molar-refractivity contribution >= 4 is 17.5 Å². The van der Waals surface area contributed by atoms with Crippen LogP contribution in [0.4, 0.5) is 17.5 Å². The molecule has 2 aromatic rings. The Morgan fingerprint density at radius 1 is 1.00 bits per heavy atom. The van der Waals surface area contributed by atoms with E-state index in [9.17, 15) is 10.1 Å². The summed E-state index contributed by atoms with van der Waals surface area (Å²) >= 11 is 0. The molecule has 2 aromatic heterocycles. The molecule has 1 saturated heterocycles. The highest BCUT2D eigenvalue weighted by atomic mass is 16.6. The molecule has 1 aliphatic rings. The number of aromatic nitrogens is 3. The summed E-state index contributed by atoms with van der Waals surface area (Å²) in [6.45, 7) is 3.31. The van der Waals surface area contributed by atoms with Gasteiger partial charge in [0, 0.05) is 44.6 Å². The summed E-state index contributed by atoms with van der Waals surface area (Å²) in [5.41, 5.74) is 0.0119. The SMILES string of the molecule is O=[N+]([O-])c1ccc(N2CCCN(c3ncccn3)CC2)nc1. The van der Waals surface area contributed by atoms with Gasteiger partial charge in [0.2, 0.25) is 5.95 Å². The van der Waals surface area contributed by atoms with Gasteiger partial charge >= 0.3 is 0 Å². The van der Waals surface area contributed by atoms with Crippen molar-refractivity contribution in [1.82, 2.24) is 15.0 Å². The molecule has 3 rings (SSSR count). The maximum Gasteiger partial charge on any atom is 0.287 e. The van der Waals surface area contributed by atoms with Crippen molar-refractivity contribution < 1.29 is 4.92 Å². The van der Waals surface area contributed by atoms with Gasteiger partial charge < -0.3 is 9.80 Å². The Morgan fingerprint density at radius 2 is 1.73 bits per heavy atom. The summed E-state index contributed by atoms with van der Waals surface area (Å²) in [5.74, 6) is 1.50. The monoisotopic (exact) mass is 300 g/mol. The van der Waals surface area contributed by atoms with E-state index in [-0.39, 0.29) is 5.69 Å². The van der Waals surface area contributed by atoms with E-state index in [2.05, 4.69) is 24.8 Å². The Kier molecular flexibility index (Phi) is 4.08. The van der Waals surface area contributed by atoms with Crippen molar-refractivity contribution in [3.8, 4) is 0 Å². The summed E-state index contributed by atoms with van der Waals surface area (Å²) in [7, 11) is 0. The molecule has 3 heterocycles. The number of hydrogen-bond acceptors (Lipinski definition) is 7. The average Bonchev–Trinajstić information content (AvgIpc) is 2.82. The Bertz CT molecular complexity index is 634. The normalized spacial score (nSPS) is 15.5. The quantitative estimate of drug-likeness (QED) is 0.627. The van der Waals surface area contributed by atoms with Crippen LogP contribution < -0.4 is 9.80 Å². The average molecular weight is 300 g/mol. The maximum absolute atomic E-state index is 10.7. The van der Waals surface area contributed by atoms with Crippen molar-refractivity contribution in [3.63, 3.8) is 0 Å². The summed E-state index contributed by atoms with van der Waals surface area (Å²) in [6.07, 6.45) is 5.74. The molecule has 0 aromatic carbocycles. The Morgan fingerprint density at radius 3 is 2.41 bits per heavy atom. The van der Waals surface area contributed by atoms with E-state index in [0.717, 1.165) is 44.4 Å². The lowest BCUT2D eigenvalue weighted by molar-refractivity contribution is -0.385. The number of nitrogens with zero attached hydrogens (tertiary/aromatic N) is 6. The molecular formula is C14H16N6O2. The largest absolute Gasteiger partial charge is 0.355 e. The van der Waals surface area contributed by atoms with Crippen LogP contribution in [0.5, 0.6) is 0 Å². The number of hydrogen-bond donors (Lipinski definition) is 0. The number of anilines is 2. The minimum Gasteiger partial charge on any atom is -0.355 e.